The SMILES string of the molecule is [B]c1cccc(Cc2nnn(CCO)n2)n1. The molecule has 0 atom stereocenters. The smallest absolute Gasteiger partial charge is 0.180 e. The molecule has 16 heavy (non-hydrogen) atoms. The molecule has 0 aliphatic rings. The van der Waals surface area contributed by atoms with Crippen LogP contribution in [0.4, 0.5) is 0 Å². The second-order valence-electron chi connectivity index (χ2n) is 3.26. The number of aromatic nitrogens is 5. The molecule has 2 radical (unpaired) electrons. The number of tetrazole rings is 1. The van der Waals surface area contributed by atoms with Crippen molar-refractivity contribution >= 4 is 13.4 Å². The maximum atomic E-state index is 8.70. The van der Waals surface area contributed by atoms with E-state index in [2.05, 4.69) is 20.4 Å². The van der Waals surface area contributed by atoms with Gasteiger partial charge in [-0.25, -0.2) is 0 Å². The van der Waals surface area contributed by atoms with Crippen LogP contribution in [0.3, 0.4) is 0 Å². The molecular formula is C9H10BN5O. The van der Waals surface area contributed by atoms with Gasteiger partial charge >= 0.3 is 0 Å². The number of nitrogens with zero attached hydrogens (tertiary/aromatic N) is 5. The first-order valence-electron chi connectivity index (χ1n) is 4.87. The minimum Gasteiger partial charge on any atom is -0.394 e. The molecule has 0 unspecified atom stereocenters. The van der Waals surface area contributed by atoms with Gasteiger partial charge < -0.3 is 5.11 Å². The average molecular weight is 215 g/mol. The highest BCUT2D eigenvalue weighted by molar-refractivity contribution is 6.30. The number of pyridine rings is 1. The quantitative estimate of drug-likeness (QED) is 0.624. The Labute approximate surface area is 93.7 Å². The minimum atomic E-state index is -0.00760. The third-order valence-electron chi connectivity index (χ3n) is 1.96. The van der Waals surface area contributed by atoms with Crippen molar-refractivity contribution < 1.29 is 5.11 Å². The molecule has 0 saturated heterocycles. The van der Waals surface area contributed by atoms with Gasteiger partial charge in [-0.3, -0.25) is 4.98 Å². The molecule has 0 fully saturated rings. The van der Waals surface area contributed by atoms with Crippen molar-refractivity contribution in [2.24, 2.45) is 0 Å². The summed E-state index contributed by atoms with van der Waals surface area (Å²) in [5, 5.41) is 20.4. The fourth-order valence-electron chi connectivity index (χ4n) is 1.29. The summed E-state index contributed by atoms with van der Waals surface area (Å²) in [6.45, 7) is 0.337. The van der Waals surface area contributed by atoms with E-state index in [1.165, 1.54) is 4.80 Å². The predicted octanol–water partition coefficient (Wildman–Crippen LogP) is -1.55. The van der Waals surface area contributed by atoms with Crippen LogP contribution in [0.15, 0.2) is 18.2 Å². The fraction of sp³-hybridized carbons (Fsp3) is 0.333. The Morgan fingerprint density at radius 3 is 3.00 bits per heavy atom. The summed E-state index contributed by atoms with van der Waals surface area (Å²) >= 11 is 0. The minimum absolute atomic E-state index is 0.00760. The van der Waals surface area contributed by atoms with Crippen molar-refractivity contribution in [2.75, 3.05) is 6.61 Å². The number of hydrogen-bond donors (Lipinski definition) is 1. The van der Waals surface area contributed by atoms with E-state index in [9.17, 15) is 0 Å². The Morgan fingerprint density at radius 1 is 1.38 bits per heavy atom. The molecule has 2 rings (SSSR count). The second kappa shape index (κ2) is 4.85. The normalized spacial score (nSPS) is 10.6. The van der Waals surface area contributed by atoms with Crippen LogP contribution in [0.2, 0.25) is 0 Å². The van der Waals surface area contributed by atoms with Crippen LogP contribution in [0.1, 0.15) is 11.5 Å². The van der Waals surface area contributed by atoms with E-state index >= 15 is 0 Å². The summed E-state index contributed by atoms with van der Waals surface area (Å²) in [7, 11) is 5.56. The number of hydrogen-bond acceptors (Lipinski definition) is 5. The van der Waals surface area contributed by atoms with Gasteiger partial charge in [-0.05, 0) is 16.9 Å². The first-order chi connectivity index (χ1) is 7.78. The van der Waals surface area contributed by atoms with E-state index in [1.807, 2.05) is 12.1 Å². The van der Waals surface area contributed by atoms with Gasteiger partial charge in [-0.1, -0.05) is 12.1 Å². The van der Waals surface area contributed by atoms with E-state index < -0.39 is 0 Å². The lowest BCUT2D eigenvalue weighted by molar-refractivity contribution is 0.259. The zero-order chi connectivity index (χ0) is 11.4. The van der Waals surface area contributed by atoms with E-state index in [4.69, 9.17) is 13.0 Å². The van der Waals surface area contributed by atoms with Crippen molar-refractivity contribution in [3.8, 4) is 0 Å². The van der Waals surface area contributed by atoms with Crippen molar-refractivity contribution in [3.63, 3.8) is 0 Å². The van der Waals surface area contributed by atoms with Crippen LogP contribution in [-0.4, -0.2) is 44.8 Å². The van der Waals surface area contributed by atoms with Crippen LogP contribution >= 0.6 is 0 Å². The van der Waals surface area contributed by atoms with Crippen LogP contribution in [0.5, 0.6) is 0 Å². The third-order valence-corrected chi connectivity index (χ3v) is 1.96. The van der Waals surface area contributed by atoms with Crippen LogP contribution < -0.4 is 5.59 Å². The molecule has 2 aromatic heterocycles. The van der Waals surface area contributed by atoms with Gasteiger partial charge in [0.25, 0.3) is 0 Å². The molecule has 0 amide bonds. The lowest BCUT2D eigenvalue weighted by atomic mass is 10.0. The highest BCUT2D eigenvalue weighted by Gasteiger charge is 2.04. The fourth-order valence-corrected chi connectivity index (χ4v) is 1.29. The Morgan fingerprint density at radius 2 is 2.25 bits per heavy atom. The van der Waals surface area contributed by atoms with Gasteiger partial charge in [0.05, 0.1) is 19.6 Å². The highest BCUT2D eigenvalue weighted by Crippen LogP contribution is 1.98. The first-order valence-corrected chi connectivity index (χ1v) is 4.87. The summed E-state index contributed by atoms with van der Waals surface area (Å²) in [6, 6.07) is 5.40. The monoisotopic (exact) mass is 215 g/mol. The van der Waals surface area contributed by atoms with Gasteiger partial charge in [0.1, 0.15) is 7.85 Å². The Kier molecular flexibility index (Phi) is 3.26. The molecule has 0 saturated carbocycles. The van der Waals surface area contributed by atoms with Crippen LogP contribution in [0.25, 0.3) is 0 Å². The van der Waals surface area contributed by atoms with Gasteiger partial charge in [0, 0.05) is 5.69 Å². The van der Waals surface area contributed by atoms with Crippen molar-refractivity contribution in [2.45, 2.75) is 13.0 Å². The molecular weight excluding hydrogens is 205 g/mol. The molecule has 2 aromatic rings. The molecule has 0 aliphatic heterocycles. The first kappa shape index (κ1) is 10.8. The number of aliphatic hydroxyl groups is 1. The zero-order valence-electron chi connectivity index (χ0n) is 8.61. The molecule has 80 valence electrons. The number of aliphatic hydroxyl groups excluding tert-OH is 1. The van der Waals surface area contributed by atoms with Crippen LogP contribution in [-0.2, 0) is 13.0 Å². The molecule has 0 bridgehead atoms. The van der Waals surface area contributed by atoms with E-state index in [0.29, 0.717) is 24.4 Å². The maximum absolute atomic E-state index is 8.70. The van der Waals surface area contributed by atoms with Gasteiger partial charge in [-0.2, -0.15) is 4.80 Å². The second-order valence-corrected chi connectivity index (χ2v) is 3.26. The van der Waals surface area contributed by atoms with Crippen molar-refractivity contribution in [1.82, 2.24) is 25.2 Å². The molecule has 2 heterocycles. The van der Waals surface area contributed by atoms with E-state index in [1.54, 1.807) is 6.07 Å². The highest BCUT2D eigenvalue weighted by atomic mass is 16.3. The van der Waals surface area contributed by atoms with Gasteiger partial charge in [0.15, 0.2) is 5.82 Å². The van der Waals surface area contributed by atoms with Crippen molar-refractivity contribution in [1.29, 1.82) is 0 Å². The van der Waals surface area contributed by atoms with Crippen LogP contribution in [0, 0.1) is 0 Å². The topological polar surface area (TPSA) is 76.7 Å². The van der Waals surface area contributed by atoms with E-state index in [-0.39, 0.29) is 6.61 Å². The Bertz CT molecular complexity index is 472. The zero-order valence-corrected chi connectivity index (χ0v) is 8.61. The Balaban J connectivity index is 2.08. The van der Waals surface area contributed by atoms with Gasteiger partial charge in [0.2, 0.25) is 0 Å². The lowest BCUT2D eigenvalue weighted by Crippen LogP contribution is -2.10. The van der Waals surface area contributed by atoms with Crippen molar-refractivity contribution in [3.05, 3.63) is 29.7 Å². The average Bonchev–Trinajstić information content (AvgIpc) is 2.66. The molecule has 0 aromatic carbocycles. The van der Waals surface area contributed by atoms with E-state index in [0.717, 1.165) is 5.69 Å². The number of rotatable bonds is 4. The maximum Gasteiger partial charge on any atom is 0.180 e. The molecule has 0 aliphatic carbocycles. The Hall–Kier alpha value is -1.76. The van der Waals surface area contributed by atoms with Gasteiger partial charge in [-0.15, -0.1) is 10.2 Å². The largest absolute Gasteiger partial charge is 0.394 e. The summed E-state index contributed by atoms with van der Waals surface area (Å²) in [5.41, 5.74) is 1.27. The molecule has 7 heteroatoms. The molecule has 0 spiro atoms. The lowest BCUT2D eigenvalue weighted by Gasteiger charge is -1.97. The summed E-state index contributed by atoms with van der Waals surface area (Å²) in [6.07, 6.45) is 0.483. The standard InChI is InChI=1S/C9H10BN5O/c10-8-3-1-2-7(11-8)6-9-12-14-15(13-9)4-5-16/h1-3,16H,4-6H2. The predicted molar refractivity (Wildman–Crippen MR) is 57.3 cm³/mol. The molecule has 6 nitrogen and oxygen atoms in total. The summed E-state index contributed by atoms with van der Waals surface area (Å²) in [4.78, 5) is 5.48. The summed E-state index contributed by atoms with van der Waals surface area (Å²) < 4.78 is 0. The third kappa shape index (κ3) is 2.63. The summed E-state index contributed by atoms with van der Waals surface area (Å²) in [5.74, 6) is 0.562. The molecule has 1 N–H and O–H groups in total.